The van der Waals surface area contributed by atoms with E-state index in [9.17, 15) is 18.3 Å². The maximum atomic E-state index is 11.4. The van der Waals surface area contributed by atoms with Crippen LogP contribution in [0.1, 0.15) is 24.0 Å². The summed E-state index contributed by atoms with van der Waals surface area (Å²) in [4.78, 5) is 11.2. The lowest BCUT2D eigenvalue weighted by atomic mass is 9.94. The number of carboxylic acid groups (broad SMARTS) is 1. The lowest BCUT2D eigenvalue weighted by Gasteiger charge is -2.11. The van der Waals surface area contributed by atoms with Gasteiger partial charge in [-0.3, -0.25) is 9.52 Å². The van der Waals surface area contributed by atoms with Gasteiger partial charge in [0.1, 0.15) is 0 Å². The molecule has 1 heterocycles. The van der Waals surface area contributed by atoms with E-state index in [1.807, 2.05) is 0 Å². The van der Waals surface area contributed by atoms with Crippen LogP contribution in [0, 0.1) is 0 Å². The lowest BCUT2D eigenvalue weighted by Crippen LogP contribution is -2.19. The Morgan fingerprint density at radius 1 is 1.35 bits per heavy atom. The van der Waals surface area contributed by atoms with Crippen molar-refractivity contribution in [2.24, 2.45) is 0 Å². The molecule has 2 N–H and O–H groups in total. The molecule has 0 aromatic heterocycles. The largest absolute Gasteiger partial charge is 0.481 e. The monoisotopic (exact) mass is 253 g/mol. The third-order valence-electron chi connectivity index (χ3n) is 3.43. The predicted octanol–water partition coefficient (Wildman–Crippen LogP) is 1.06. The molecular weight excluding hydrogens is 242 g/mol. The molecule has 5 nitrogen and oxygen atoms in total. The summed E-state index contributed by atoms with van der Waals surface area (Å²) in [6.45, 7) is 0. The van der Waals surface area contributed by atoms with E-state index in [1.54, 1.807) is 18.2 Å². The molecule has 1 aliphatic carbocycles. The van der Waals surface area contributed by atoms with Crippen molar-refractivity contribution in [1.82, 2.24) is 0 Å². The summed E-state index contributed by atoms with van der Waals surface area (Å²) in [6.07, 6.45) is 1.25. The van der Waals surface area contributed by atoms with Gasteiger partial charge < -0.3 is 5.11 Å². The third kappa shape index (κ3) is 1.51. The van der Waals surface area contributed by atoms with Crippen LogP contribution in [0.3, 0.4) is 0 Å². The zero-order chi connectivity index (χ0) is 12.3. The minimum absolute atomic E-state index is 0.0636. The number of sulfonamides is 1. The fraction of sp³-hybridized carbons (Fsp3) is 0.364. The number of benzene rings is 1. The van der Waals surface area contributed by atoms with Crippen LogP contribution in [0.5, 0.6) is 0 Å². The molecule has 0 spiro atoms. The van der Waals surface area contributed by atoms with E-state index in [4.69, 9.17) is 0 Å². The lowest BCUT2D eigenvalue weighted by molar-refractivity contribution is -0.140. The molecule has 0 unspecified atom stereocenters. The molecule has 0 atom stereocenters. The zero-order valence-electron chi connectivity index (χ0n) is 8.93. The number of carboxylic acids is 1. The minimum atomic E-state index is -3.26. The number of aliphatic carboxylic acids is 1. The number of anilines is 1. The highest BCUT2D eigenvalue weighted by Crippen LogP contribution is 2.49. The molecule has 6 heteroatoms. The van der Waals surface area contributed by atoms with E-state index >= 15 is 0 Å². The van der Waals surface area contributed by atoms with Gasteiger partial charge in [-0.1, -0.05) is 12.1 Å². The summed E-state index contributed by atoms with van der Waals surface area (Å²) in [5.41, 5.74) is 1.16. The smallest absolute Gasteiger partial charge is 0.314 e. The van der Waals surface area contributed by atoms with Crippen LogP contribution in [-0.2, 0) is 26.0 Å². The van der Waals surface area contributed by atoms with E-state index in [0.29, 0.717) is 29.7 Å². The Morgan fingerprint density at radius 2 is 2.06 bits per heavy atom. The van der Waals surface area contributed by atoms with Crippen LogP contribution in [0.25, 0.3) is 0 Å². The SMILES string of the molecule is O=C(O)C1(c2ccc3c(c2)CS(=O)(=O)N3)CC1. The van der Waals surface area contributed by atoms with Gasteiger partial charge in [-0.2, -0.15) is 0 Å². The summed E-state index contributed by atoms with van der Waals surface area (Å²) in [5.74, 6) is -0.891. The first-order valence-corrected chi connectivity index (χ1v) is 6.95. The molecule has 3 rings (SSSR count). The van der Waals surface area contributed by atoms with E-state index in [2.05, 4.69) is 4.72 Å². The second-order valence-electron chi connectivity index (χ2n) is 4.62. The molecule has 1 aliphatic heterocycles. The Balaban J connectivity index is 2.05. The minimum Gasteiger partial charge on any atom is -0.481 e. The second kappa shape index (κ2) is 3.01. The highest BCUT2D eigenvalue weighted by molar-refractivity contribution is 7.92. The van der Waals surface area contributed by atoms with Gasteiger partial charge >= 0.3 is 5.97 Å². The molecule has 90 valence electrons. The fourth-order valence-corrected chi connectivity index (χ4v) is 3.52. The first kappa shape index (κ1) is 10.6. The maximum Gasteiger partial charge on any atom is 0.314 e. The first-order chi connectivity index (χ1) is 7.93. The molecule has 17 heavy (non-hydrogen) atoms. The van der Waals surface area contributed by atoms with Gasteiger partial charge in [-0.05, 0) is 30.0 Å². The van der Waals surface area contributed by atoms with Crippen molar-refractivity contribution in [2.45, 2.75) is 24.0 Å². The Labute approximate surface area is 98.5 Å². The molecule has 2 aliphatic rings. The van der Waals surface area contributed by atoms with Gasteiger partial charge in [0.2, 0.25) is 10.0 Å². The number of hydrogen-bond donors (Lipinski definition) is 2. The number of carbonyl (C=O) groups is 1. The van der Waals surface area contributed by atoms with E-state index in [-0.39, 0.29) is 5.75 Å². The number of hydrogen-bond acceptors (Lipinski definition) is 3. The van der Waals surface area contributed by atoms with Crippen LogP contribution in [0.4, 0.5) is 5.69 Å². The first-order valence-electron chi connectivity index (χ1n) is 5.30. The highest BCUT2D eigenvalue weighted by atomic mass is 32.2. The van der Waals surface area contributed by atoms with Crippen molar-refractivity contribution in [3.8, 4) is 0 Å². The molecule has 1 fully saturated rings. The van der Waals surface area contributed by atoms with Crippen molar-refractivity contribution in [3.05, 3.63) is 29.3 Å². The Kier molecular flexibility index (Phi) is 1.87. The van der Waals surface area contributed by atoms with Crippen LogP contribution in [-0.4, -0.2) is 19.5 Å². The maximum absolute atomic E-state index is 11.4. The van der Waals surface area contributed by atoms with Crippen molar-refractivity contribution >= 4 is 21.7 Å². The van der Waals surface area contributed by atoms with Crippen molar-refractivity contribution in [2.75, 3.05) is 4.72 Å². The number of nitrogens with one attached hydrogen (secondary N) is 1. The molecule has 1 aromatic carbocycles. The Hall–Kier alpha value is -1.56. The quantitative estimate of drug-likeness (QED) is 0.825. The molecule has 0 bridgehead atoms. The van der Waals surface area contributed by atoms with E-state index in [0.717, 1.165) is 0 Å². The van der Waals surface area contributed by atoms with Crippen LogP contribution >= 0.6 is 0 Å². The average Bonchev–Trinajstić information content (AvgIpc) is 2.95. The fourth-order valence-electron chi connectivity index (χ4n) is 2.27. The highest BCUT2D eigenvalue weighted by Gasteiger charge is 2.52. The van der Waals surface area contributed by atoms with Crippen LogP contribution in [0.2, 0.25) is 0 Å². The summed E-state index contributed by atoms with van der Waals surface area (Å²) in [5, 5.41) is 9.17. The normalized spacial score (nSPS) is 22.6. The number of fused-ring (bicyclic) bond motifs is 1. The average molecular weight is 253 g/mol. The van der Waals surface area contributed by atoms with Gasteiger partial charge in [0.25, 0.3) is 0 Å². The number of rotatable bonds is 2. The van der Waals surface area contributed by atoms with Crippen molar-refractivity contribution in [1.29, 1.82) is 0 Å². The van der Waals surface area contributed by atoms with Crippen LogP contribution < -0.4 is 4.72 Å². The van der Waals surface area contributed by atoms with E-state index < -0.39 is 21.4 Å². The molecular formula is C11H11NO4S. The molecule has 0 radical (unpaired) electrons. The topological polar surface area (TPSA) is 83.5 Å². The summed E-state index contributed by atoms with van der Waals surface area (Å²) >= 11 is 0. The van der Waals surface area contributed by atoms with Crippen molar-refractivity contribution in [3.63, 3.8) is 0 Å². The zero-order valence-corrected chi connectivity index (χ0v) is 9.75. The molecule has 0 amide bonds. The van der Waals surface area contributed by atoms with Crippen molar-refractivity contribution < 1.29 is 18.3 Å². The molecule has 1 saturated carbocycles. The second-order valence-corrected chi connectivity index (χ2v) is 6.34. The summed E-state index contributed by atoms with van der Waals surface area (Å²) in [6, 6.07) is 5.06. The van der Waals surface area contributed by atoms with Crippen LogP contribution in [0.15, 0.2) is 18.2 Å². The van der Waals surface area contributed by atoms with Gasteiger partial charge in [0.15, 0.2) is 0 Å². The Morgan fingerprint density at radius 3 is 2.65 bits per heavy atom. The Bertz CT molecular complexity index is 616. The molecule has 1 aromatic rings. The van der Waals surface area contributed by atoms with Gasteiger partial charge in [0, 0.05) is 0 Å². The predicted molar refractivity (Wildman–Crippen MR) is 61.2 cm³/mol. The van der Waals surface area contributed by atoms with Gasteiger partial charge in [-0.15, -0.1) is 0 Å². The summed E-state index contributed by atoms with van der Waals surface area (Å²) < 4.78 is 25.2. The van der Waals surface area contributed by atoms with Gasteiger partial charge in [0.05, 0.1) is 16.9 Å². The van der Waals surface area contributed by atoms with Gasteiger partial charge in [-0.25, -0.2) is 8.42 Å². The molecule has 0 saturated heterocycles. The summed E-state index contributed by atoms with van der Waals surface area (Å²) in [7, 11) is -3.26. The standard InChI is InChI=1S/C11H11NO4S/c13-10(14)11(3-4-11)8-1-2-9-7(5-8)6-17(15,16)12-9/h1-2,5,12H,3-4,6H2,(H,13,14). The van der Waals surface area contributed by atoms with E-state index in [1.165, 1.54) is 0 Å². The third-order valence-corrected chi connectivity index (χ3v) is 4.65.